The summed E-state index contributed by atoms with van der Waals surface area (Å²) in [5, 5.41) is 9.21. The van der Waals surface area contributed by atoms with Crippen molar-refractivity contribution in [2.75, 3.05) is 19.9 Å². The predicted octanol–water partition coefficient (Wildman–Crippen LogP) is 0.114. The maximum atomic E-state index is 9.21. The number of benzene rings is 1. The van der Waals surface area contributed by atoms with Gasteiger partial charge in [-0.3, -0.25) is 0 Å². The van der Waals surface area contributed by atoms with Crippen LogP contribution in [0.25, 0.3) is 0 Å². The molecule has 5 heteroatoms. The second-order valence-electron chi connectivity index (χ2n) is 3.22. The van der Waals surface area contributed by atoms with Gasteiger partial charge in [0.2, 0.25) is 6.79 Å². The van der Waals surface area contributed by atoms with E-state index in [1.807, 2.05) is 0 Å². The summed E-state index contributed by atoms with van der Waals surface area (Å²) in [4.78, 5) is 0. The van der Waals surface area contributed by atoms with Crippen LogP contribution in [0, 0.1) is 0 Å². The lowest BCUT2D eigenvalue weighted by molar-refractivity contribution is 0.114. The van der Waals surface area contributed by atoms with E-state index in [1.165, 1.54) is 0 Å². The van der Waals surface area contributed by atoms with E-state index in [0.29, 0.717) is 17.2 Å². The number of aliphatic hydroxyl groups excluding tert-OH is 1. The lowest BCUT2D eigenvalue weighted by Gasteiger charge is -2.10. The van der Waals surface area contributed by atoms with Crippen molar-refractivity contribution in [2.45, 2.75) is 6.10 Å². The van der Waals surface area contributed by atoms with Crippen molar-refractivity contribution in [3.8, 4) is 17.2 Å². The average molecular weight is 211 g/mol. The van der Waals surface area contributed by atoms with Gasteiger partial charge in [0.15, 0.2) is 11.5 Å². The van der Waals surface area contributed by atoms with E-state index in [0.717, 1.165) is 0 Å². The highest BCUT2D eigenvalue weighted by molar-refractivity contribution is 5.46. The average Bonchev–Trinajstić information content (AvgIpc) is 2.72. The number of rotatable bonds is 4. The van der Waals surface area contributed by atoms with E-state index in [9.17, 15) is 5.11 Å². The van der Waals surface area contributed by atoms with Crippen molar-refractivity contribution in [3.05, 3.63) is 18.2 Å². The van der Waals surface area contributed by atoms with Crippen LogP contribution in [0.4, 0.5) is 0 Å². The normalized spacial score (nSPS) is 15.1. The molecule has 2 rings (SSSR count). The summed E-state index contributed by atoms with van der Waals surface area (Å²) < 4.78 is 15.7. The molecular weight excluding hydrogens is 198 g/mol. The Hall–Kier alpha value is -1.46. The SMILES string of the molecule is NC[C@@H](O)COc1ccc2c(c1)OCO2. The summed E-state index contributed by atoms with van der Waals surface area (Å²) >= 11 is 0. The molecule has 0 aliphatic carbocycles. The second-order valence-corrected chi connectivity index (χ2v) is 3.22. The van der Waals surface area contributed by atoms with Crippen LogP contribution in [-0.4, -0.2) is 31.2 Å². The molecule has 0 unspecified atom stereocenters. The third kappa shape index (κ3) is 2.31. The fourth-order valence-corrected chi connectivity index (χ4v) is 1.23. The Labute approximate surface area is 87.4 Å². The standard InChI is InChI=1S/C10H13NO4/c11-4-7(12)5-13-8-1-2-9-10(3-8)15-6-14-9/h1-3,7,12H,4-6,11H2/t7-/m1/s1. The van der Waals surface area contributed by atoms with Crippen molar-refractivity contribution in [2.24, 2.45) is 5.73 Å². The van der Waals surface area contributed by atoms with Crippen molar-refractivity contribution in [1.82, 2.24) is 0 Å². The zero-order chi connectivity index (χ0) is 10.7. The maximum absolute atomic E-state index is 9.21. The molecule has 5 nitrogen and oxygen atoms in total. The molecule has 1 aliphatic rings. The zero-order valence-electron chi connectivity index (χ0n) is 8.18. The summed E-state index contributed by atoms with van der Waals surface area (Å²) in [5.74, 6) is 2.00. The molecular formula is C10H13NO4. The summed E-state index contributed by atoms with van der Waals surface area (Å²) in [6.45, 7) is 0.602. The molecule has 82 valence electrons. The predicted molar refractivity (Wildman–Crippen MR) is 53.1 cm³/mol. The summed E-state index contributed by atoms with van der Waals surface area (Å²) in [6, 6.07) is 5.26. The van der Waals surface area contributed by atoms with E-state index in [-0.39, 0.29) is 19.9 Å². The molecule has 0 bridgehead atoms. The lowest BCUT2D eigenvalue weighted by Crippen LogP contribution is -2.26. The minimum atomic E-state index is -0.643. The highest BCUT2D eigenvalue weighted by Crippen LogP contribution is 2.34. The van der Waals surface area contributed by atoms with Crippen LogP contribution in [-0.2, 0) is 0 Å². The highest BCUT2D eigenvalue weighted by atomic mass is 16.7. The van der Waals surface area contributed by atoms with Gasteiger partial charge in [-0.2, -0.15) is 0 Å². The van der Waals surface area contributed by atoms with Crippen molar-refractivity contribution in [1.29, 1.82) is 0 Å². The number of fused-ring (bicyclic) bond motifs is 1. The van der Waals surface area contributed by atoms with Gasteiger partial charge in [-0.15, -0.1) is 0 Å². The summed E-state index contributed by atoms with van der Waals surface area (Å²) in [5.41, 5.74) is 5.25. The molecule has 1 aromatic rings. The van der Waals surface area contributed by atoms with Crippen LogP contribution < -0.4 is 19.9 Å². The molecule has 0 spiro atoms. The molecule has 0 amide bonds. The first-order chi connectivity index (χ1) is 7.29. The van der Waals surface area contributed by atoms with E-state index in [4.69, 9.17) is 19.9 Å². The second kappa shape index (κ2) is 4.37. The largest absolute Gasteiger partial charge is 0.491 e. The van der Waals surface area contributed by atoms with Crippen LogP contribution in [0.15, 0.2) is 18.2 Å². The Bertz CT molecular complexity index is 342. The van der Waals surface area contributed by atoms with Gasteiger partial charge in [-0.1, -0.05) is 0 Å². The van der Waals surface area contributed by atoms with Gasteiger partial charge in [0.25, 0.3) is 0 Å². The van der Waals surface area contributed by atoms with E-state index in [2.05, 4.69) is 0 Å². The Morgan fingerprint density at radius 1 is 1.40 bits per heavy atom. The lowest BCUT2D eigenvalue weighted by atomic mass is 10.3. The van der Waals surface area contributed by atoms with Crippen LogP contribution in [0.1, 0.15) is 0 Å². The molecule has 1 heterocycles. The number of hydrogen-bond donors (Lipinski definition) is 2. The fourth-order valence-electron chi connectivity index (χ4n) is 1.23. The van der Waals surface area contributed by atoms with Crippen molar-refractivity contribution >= 4 is 0 Å². The Morgan fingerprint density at radius 2 is 2.20 bits per heavy atom. The van der Waals surface area contributed by atoms with Crippen LogP contribution >= 0.6 is 0 Å². The quantitative estimate of drug-likeness (QED) is 0.739. The minimum absolute atomic E-state index is 0.177. The monoisotopic (exact) mass is 211 g/mol. The number of nitrogens with two attached hydrogens (primary N) is 1. The first-order valence-electron chi connectivity index (χ1n) is 4.70. The zero-order valence-corrected chi connectivity index (χ0v) is 8.18. The third-order valence-corrected chi connectivity index (χ3v) is 2.06. The topological polar surface area (TPSA) is 73.9 Å². The molecule has 0 radical (unpaired) electrons. The first-order valence-corrected chi connectivity index (χ1v) is 4.70. The smallest absolute Gasteiger partial charge is 0.231 e. The Balaban J connectivity index is 1.98. The molecule has 0 aromatic heterocycles. The molecule has 0 saturated heterocycles. The summed E-state index contributed by atoms with van der Waals surface area (Å²) in [7, 11) is 0. The molecule has 1 aromatic carbocycles. The van der Waals surface area contributed by atoms with Gasteiger partial charge in [0, 0.05) is 12.6 Å². The van der Waals surface area contributed by atoms with Crippen LogP contribution in [0.5, 0.6) is 17.2 Å². The van der Waals surface area contributed by atoms with Gasteiger partial charge in [-0.05, 0) is 12.1 Å². The van der Waals surface area contributed by atoms with Gasteiger partial charge < -0.3 is 25.1 Å². The molecule has 0 saturated carbocycles. The number of ether oxygens (including phenoxy) is 3. The molecule has 15 heavy (non-hydrogen) atoms. The Morgan fingerprint density at radius 3 is 3.00 bits per heavy atom. The number of hydrogen-bond acceptors (Lipinski definition) is 5. The van der Waals surface area contributed by atoms with E-state index < -0.39 is 6.10 Å². The molecule has 3 N–H and O–H groups in total. The molecule has 1 aliphatic heterocycles. The van der Waals surface area contributed by atoms with Crippen molar-refractivity contribution in [3.63, 3.8) is 0 Å². The molecule has 1 atom stereocenters. The van der Waals surface area contributed by atoms with Crippen LogP contribution in [0.2, 0.25) is 0 Å². The maximum Gasteiger partial charge on any atom is 0.231 e. The van der Waals surface area contributed by atoms with E-state index >= 15 is 0 Å². The van der Waals surface area contributed by atoms with Gasteiger partial charge in [-0.25, -0.2) is 0 Å². The molecule has 0 fully saturated rings. The first kappa shape index (κ1) is 10.1. The van der Waals surface area contributed by atoms with E-state index in [1.54, 1.807) is 18.2 Å². The fraction of sp³-hybridized carbons (Fsp3) is 0.400. The van der Waals surface area contributed by atoms with Gasteiger partial charge >= 0.3 is 0 Å². The van der Waals surface area contributed by atoms with Gasteiger partial charge in [0.05, 0.1) is 0 Å². The number of aliphatic hydroxyl groups is 1. The van der Waals surface area contributed by atoms with Gasteiger partial charge in [0.1, 0.15) is 18.5 Å². The highest BCUT2D eigenvalue weighted by Gasteiger charge is 2.13. The van der Waals surface area contributed by atoms with Crippen molar-refractivity contribution < 1.29 is 19.3 Å². The minimum Gasteiger partial charge on any atom is -0.491 e. The Kier molecular flexibility index (Phi) is 2.94. The third-order valence-electron chi connectivity index (χ3n) is 2.06. The van der Waals surface area contributed by atoms with Crippen LogP contribution in [0.3, 0.4) is 0 Å². The summed E-state index contributed by atoms with van der Waals surface area (Å²) in [6.07, 6.45) is -0.643.